The van der Waals surface area contributed by atoms with Gasteiger partial charge in [-0.25, -0.2) is 0 Å². The lowest BCUT2D eigenvalue weighted by Gasteiger charge is -2.25. The molecule has 0 fully saturated rings. The molecule has 0 radical (unpaired) electrons. The Morgan fingerprint density at radius 3 is 2.41 bits per heavy atom. The fourth-order valence-electron chi connectivity index (χ4n) is 2.11. The number of rotatable bonds is 2. The van der Waals surface area contributed by atoms with Crippen LogP contribution >= 0.6 is 11.3 Å². The minimum atomic E-state index is -0.902. The number of hydrogen-bond donors (Lipinski definition) is 1. The van der Waals surface area contributed by atoms with Crippen molar-refractivity contribution in [3.05, 3.63) is 56.8 Å². The van der Waals surface area contributed by atoms with Crippen molar-refractivity contribution < 1.29 is 5.11 Å². The highest BCUT2D eigenvalue weighted by atomic mass is 32.1. The average Bonchev–Trinajstić information content (AvgIpc) is 2.69. The van der Waals surface area contributed by atoms with Gasteiger partial charge in [-0.05, 0) is 55.8 Å². The van der Waals surface area contributed by atoms with E-state index in [2.05, 4.69) is 38.1 Å². The highest BCUT2D eigenvalue weighted by Crippen LogP contribution is 2.34. The molecule has 17 heavy (non-hydrogen) atoms. The van der Waals surface area contributed by atoms with E-state index in [1.54, 1.807) is 11.3 Å². The van der Waals surface area contributed by atoms with Crippen LogP contribution < -0.4 is 0 Å². The smallest absolute Gasteiger partial charge is 0.113 e. The Hall–Kier alpha value is -1.12. The lowest BCUT2D eigenvalue weighted by Crippen LogP contribution is -2.23. The number of benzene rings is 1. The normalized spacial score (nSPS) is 14.6. The van der Waals surface area contributed by atoms with E-state index in [0.29, 0.717) is 0 Å². The molecule has 0 aliphatic carbocycles. The van der Waals surface area contributed by atoms with E-state index in [9.17, 15) is 5.11 Å². The largest absolute Gasteiger partial charge is 0.381 e. The molecule has 1 aromatic carbocycles. The maximum Gasteiger partial charge on any atom is 0.113 e. The Bertz CT molecular complexity index is 538. The van der Waals surface area contributed by atoms with Crippen LogP contribution in [-0.2, 0) is 5.60 Å². The topological polar surface area (TPSA) is 20.2 Å². The van der Waals surface area contributed by atoms with Gasteiger partial charge < -0.3 is 5.11 Å². The van der Waals surface area contributed by atoms with Crippen molar-refractivity contribution in [1.29, 1.82) is 0 Å². The second-order valence-electron chi connectivity index (χ2n) is 4.84. The molecule has 0 spiro atoms. The Morgan fingerprint density at radius 1 is 1.12 bits per heavy atom. The molecule has 0 amide bonds. The molecule has 1 nitrogen and oxygen atoms in total. The summed E-state index contributed by atoms with van der Waals surface area (Å²) in [5, 5.41) is 12.8. The summed E-state index contributed by atoms with van der Waals surface area (Å²) >= 11 is 1.68. The lowest BCUT2D eigenvalue weighted by molar-refractivity contribution is 0.102. The monoisotopic (exact) mass is 246 g/mol. The second kappa shape index (κ2) is 4.28. The first-order valence-electron chi connectivity index (χ1n) is 5.77. The molecule has 90 valence electrons. The van der Waals surface area contributed by atoms with Crippen LogP contribution in [0.5, 0.6) is 0 Å². The van der Waals surface area contributed by atoms with E-state index < -0.39 is 5.60 Å². The summed E-state index contributed by atoms with van der Waals surface area (Å²) in [7, 11) is 0. The molecule has 0 saturated carbocycles. The van der Waals surface area contributed by atoms with Crippen LogP contribution in [0.1, 0.15) is 34.1 Å². The third kappa shape index (κ3) is 2.28. The Kier molecular flexibility index (Phi) is 3.11. The van der Waals surface area contributed by atoms with Crippen molar-refractivity contribution in [3.63, 3.8) is 0 Å². The van der Waals surface area contributed by atoms with Crippen LogP contribution in [0, 0.1) is 20.8 Å². The lowest BCUT2D eigenvalue weighted by atomic mass is 9.86. The third-order valence-corrected chi connectivity index (χ3v) is 4.07. The first kappa shape index (κ1) is 12.3. The number of aliphatic hydroxyl groups is 1. The van der Waals surface area contributed by atoms with Crippen LogP contribution in [0.15, 0.2) is 29.6 Å². The molecule has 1 unspecified atom stereocenters. The first-order valence-corrected chi connectivity index (χ1v) is 6.65. The summed E-state index contributed by atoms with van der Waals surface area (Å²) in [5.41, 5.74) is 3.38. The number of thiophene rings is 1. The van der Waals surface area contributed by atoms with Gasteiger partial charge in [-0.3, -0.25) is 0 Å². The van der Waals surface area contributed by atoms with Crippen LogP contribution in [-0.4, -0.2) is 5.11 Å². The maximum absolute atomic E-state index is 10.8. The zero-order chi connectivity index (χ0) is 12.6. The molecule has 0 aliphatic heterocycles. The van der Waals surface area contributed by atoms with Gasteiger partial charge in [0.25, 0.3) is 0 Å². The fraction of sp³-hybridized carbons (Fsp3) is 0.333. The van der Waals surface area contributed by atoms with Crippen LogP contribution in [0.4, 0.5) is 0 Å². The molecule has 0 aliphatic rings. The van der Waals surface area contributed by atoms with Gasteiger partial charge in [0.1, 0.15) is 5.60 Å². The number of hydrogen-bond acceptors (Lipinski definition) is 2. The van der Waals surface area contributed by atoms with E-state index in [1.165, 1.54) is 10.4 Å². The first-order chi connectivity index (χ1) is 7.91. The highest BCUT2D eigenvalue weighted by Gasteiger charge is 2.28. The van der Waals surface area contributed by atoms with Crippen molar-refractivity contribution in [3.8, 4) is 0 Å². The quantitative estimate of drug-likeness (QED) is 0.851. The van der Waals surface area contributed by atoms with Crippen LogP contribution in [0.2, 0.25) is 0 Å². The van der Waals surface area contributed by atoms with Crippen molar-refractivity contribution >= 4 is 11.3 Å². The summed E-state index contributed by atoms with van der Waals surface area (Å²) in [6, 6.07) is 8.28. The molecule has 1 aromatic heterocycles. The van der Waals surface area contributed by atoms with Gasteiger partial charge in [-0.2, -0.15) is 0 Å². The van der Waals surface area contributed by atoms with Gasteiger partial charge in [-0.1, -0.05) is 23.8 Å². The van der Waals surface area contributed by atoms with Gasteiger partial charge in [0, 0.05) is 4.88 Å². The van der Waals surface area contributed by atoms with Crippen molar-refractivity contribution in [2.24, 2.45) is 0 Å². The molecule has 1 heterocycles. The maximum atomic E-state index is 10.8. The summed E-state index contributed by atoms with van der Waals surface area (Å²) in [4.78, 5) is 1.23. The summed E-state index contributed by atoms with van der Waals surface area (Å²) < 4.78 is 0. The Morgan fingerprint density at radius 2 is 1.82 bits per heavy atom. The van der Waals surface area contributed by atoms with Crippen molar-refractivity contribution in [2.45, 2.75) is 33.3 Å². The highest BCUT2D eigenvalue weighted by molar-refractivity contribution is 7.10. The van der Waals surface area contributed by atoms with E-state index in [-0.39, 0.29) is 0 Å². The fourth-order valence-corrected chi connectivity index (χ4v) is 2.92. The molecule has 2 rings (SSSR count). The summed E-state index contributed by atoms with van der Waals surface area (Å²) in [6.07, 6.45) is 0. The predicted octanol–water partition coefficient (Wildman–Crippen LogP) is 3.93. The van der Waals surface area contributed by atoms with E-state index in [1.807, 2.05) is 19.2 Å². The van der Waals surface area contributed by atoms with Crippen molar-refractivity contribution in [1.82, 2.24) is 0 Å². The van der Waals surface area contributed by atoms with E-state index in [0.717, 1.165) is 16.7 Å². The van der Waals surface area contributed by atoms with Crippen LogP contribution in [0.25, 0.3) is 0 Å². The second-order valence-corrected chi connectivity index (χ2v) is 5.95. The Labute approximate surface area is 107 Å². The van der Waals surface area contributed by atoms with Gasteiger partial charge in [0.05, 0.1) is 0 Å². The van der Waals surface area contributed by atoms with Gasteiger partial charge in [0.15, 0.2) is 0 Å². The van der Waals surface area contributed by atoms with Gasteiger partial charge in [0.2, 0.25) is 0 Å². The molecule has 0 bridgehead atoms. The molecule has 1 N–H and O–H groups in total. The predicted molar refractivity (Wildman–Crippen MR) is 73.6 cm³/mol. The minimum Gasteiger partial charge on any atom is -0.381 e. The molecule has 0 saturated heterocycles. The van der Waals surface area contributed by atoms with E-state index >= 15 is 0 Å². The third-order valence-electron chi connectivity index (χ3n) is 3.21. The summed E-state index contributed by atoms with van der Waals surface area (Å²) in [6.45, 7) is 8.03. The Balaban J connectivity index is 2.54. The van der Waals surface area contributed by atoms with Crippen molar-refractivity contribution in [2.75, 3.05) is 0 Å². The standard InChI is InChI=1S/C15H18OS/c1-10-5-6-11(2)14(7-10)15(4,16)13-8-12(3)17-9-13/h5-9,16H,1-4H3. The molecular weight excluding hydrogens is 228 g/mol. The average molecular weight is 246 g/mol. The van der Waals surface area contributed by atoms with Gasteiger partial charge >= 0.3 is 0 Å². The molecular formula is C15H18OS. The summed E-state index contributed by atoms with van der Waals surface area (Å²) in [5.74, 6) is 0. The van der Waals surface area contributed by atoms with Gasteiger partial charge in [-0.15, -0.1) is 11.3 Å². The molecule has 1 atom stereocenters. The minimum absolute atomic E-state index is 0.902. The zero-order valence-electron chi connectivity index (χ0n) is 10.7. The van der Waals surface area contributed by atoms with Crippen LogP contribution in [0.3, 0.4) is 0 Å². The number of aryl methyl sites for hydroxylation is 3. The zero-order valence-corrected chi connectivity index (χ0v) is 11.6. The molecule has 2 heteroatoms. The molecule has 2 aromatic rings. The SMILES string of the molecule is Cc1ccc(C)c(C(C)(O)c2csc(C)c2)c1. The van der Waals surface area contributed by atoms with E-state index in [4.69, 9.17) is 0 Å².